The maximum Gasteiger partial charge on any atom is -1.00 e. The summed E-state index contributed by atoms with van der Waals surface area (Å²) < 4.78 is 4.41. The molecule has 0 heterocycles. The van der Waals surface area contributed by atoms with Crippen molar-refractivity contribution in [1.82, 2.24) is 3.80 Å². The van der Waals surface area contributed by atoms with Crippen LogP contribution < -0.4 is 28.6 Å². The molecule has 0 saturated carbocycles. The summed E-state index contributed by atoms with van der Waals surface area (Å²) in [5.74, 6) is 0. The molecular formula is C14H28Cl2NSiTi. The van der Waals surface area contributed by atoms with Crippen LogP contribution in [0.25, 0.3) is 0 Å². The molecule has 0 radical (unpaired) electrons. The molecule has 0 aliphatic heterocycles. The van der Waals surface area contributed by atoms with Crippen LogP contribution in [0.1, 0.15) is 48.5 Å². The van der Waals surface area contributed by atoms with E-state index in [1.54, 1.807) is 5.57 Å². The quantitative estimate of drug-likeness (QED) is 0.552. The van der Waals surface area contributed by atoms with Gasteiger partial charge in [0.05, 0.1) is 0 Å². The molecule has 1 aliphatic rings. The van der Waals surface area contributed by atoms with E-state index in [9.17, 15) is 0 Å². The van der Waals surface area contributed by atoms with Gasteiger partial charge in [0.15, 0.2) is 0 Å². The fourth-order valence-corrected chi connectivity index (χ4v) is 15.0. The van der Waals surface area contributed by atoms with Gasteiger partial charge in [-0.15, -0.1) is 0 Å². The molecule has 0 aromatic carbocycles. The number of nitrogens with one attached hydrogen (secondary N) is 1. The largest absolute Gasteiger partial charge is 1.00 e. The molecule has 19 heavy (non-hydrogen) atoms. The summed E-state index contributed by atoms with van der Waals surface area (Å²) in [5, 5.41) is 0. The Morgan fingerprint density at radius 2 is 1.63 bits per heavy atom. The minimum Gasteiger partial charge on any atom is -1.00 e. The summed E-state index contributed by atoms with van der Waals surface area (Å²) in [4.78, 5) is 0. The number of rotatable bonds is 3. The van der Waals surface area contributed by atoms with Gasteiger partial charge in [-0.2, -0.15) is 0 Å². The first-order valence-electron chi connectivity index (χ1n) is 6.64. The third kappa shape index (κ3) is 5.02. The molecule has 1 N–H and O–H groups in total. The zero-order valence-electron chi connectivity index (χ0n) is 13.5. The smallest absolute Gasteiger partial charge is 1.00 e. The van der Waals surface area contributed by atoms with E-state index in [2.05, 4.69) is 64.9 Å². The maximum absolute atomic E-state index is 4.01. The van der Waals surface area contributed by atoms with E-state index in [0.717, 1.165) is 0 Å². The standard InChI is InChI=1S/C9H13.C4H10N.CH5Si.2ClH.Ti/c1-6-5-7(2)9(4)8(6)3;1-4(2,3)5;1-2;;;/h5H,1-4H3;5H,1-3H3;2H2,1H3;2*1H;/q;-1;;;;+3/p-2. The van der Waals surface area contributed by atoms with Crippen molar-refractivity contribution in [3.8, 4) is 0 Å². The van der Waals surface area contributed by atoms with Crippen molar-refractivity contribution in [3.63, 3.8) is 0 Å². The van der Waals surface area contributed by atoms with Crippen molar-refractivity contribution in [2.45, 2.75) is 64.3 Å². The second-order valence-corrected chi connectivity index (χ2v) is 16.9. The Morgan fingerprint density at radius 3 is 1.89 bits per heavy atom. The van der Waals surface area contributed by atoms with Crippen LogP contribution in [-0.4, -0.2) is 12.9 Å². The Labute approximate surface area is 140 Å². The normalized spacial score (nSPS) is 23.3. The number of allylic oxidation sites excluding steroid dienone is 4. The van der Waals surface area contributed by atoms with Crippen molar-refractivity contribution < 1.29 is 42.2 Å². The summed E-state index contributed by atoms with van der Waals surface area (Å²) in [5.41, 5.74) is 4.96. The second kappa shape index (κ2) is 7.82. The van der Waals surface area contributed by atoms with E-state index in [0.29, 0.717) is 3.72 Å². The third-order valence-corrected chi connectivity index (χ3v) is 16.1. The zero-order valence-corrected chi connectivity index (χ0v) is 18.0. The Kier molecular flexibility index (Phi) is 9.15. The van der Waals surface area contributed by atoms with Crippen LogP contribution >= 0.6 is 0 Å². The number of hydrogen-bond acceptors (Lipinski definition) is 1. The van der Waals surface area contributed by atoms with Crippen LogP contribution in [0.3, 0.4) is 0 Å². The Bertz CT molecular complexity index is 374. The molecule has 0 aromatic rings. The SMILES string of the molecule is C[SiH2][Ti+2]([NH]C(C)(C)C)[C]1(C)C=C(C)C(C)=C1C.[Cl-].[Cl-]. The minimum atomic E-state index is -1.19. The van der Waals surface area contributed by atoms with Gasteiger partial charge in [0.2, 0.25) is 0 Å². The summed E-state index contributed by atoms with van der Waals surface area (Å²) in [6.07, 6.45) is 2.56. The molecule has 5 heteroatoms. The first-order chi connectivity index (χ1) is 7.62. The molecule has 1 rings (SSSR count). The van der Waals surface area contributed by atoms with E-state index in [4.69, 9.17) is 0 Å². The first kappa shape index (κ1) is 22.2. The molecule has 1 atom stereocenters. The maximum atomic E-state index is 4.01. The molecular weight excluding hydrogens is 329 g/mol. The average molecular weight is 357 g/mol. The summed E-state index contributed by atoms with van der Waals surface area (Å²) in [6, 6.07) is 0. The Hall–Kier alpha value is 0.951. The van der Waals surface area contributed by atoms with Crippen molar-refractivity contribution in [1.29, 1.82) is 0 Å². The van der Waals surface area contributed by atoms with Gasteiger partial charge in [0.25, 0.3) is 0 Å². The molecule has 0 spiro atoms. The van der Waals surface area contributed by atoms with Crippen molar-refractivity contribution >= 4 is 7.39 Å². The second-order valence-electron chi connectivity index (χ2n) is 6.49. The predicted octanol–water partition coefficient (Wildman–Crippen LogP) is -2.48. The molecule has 111 valence electrons. The van der Waals surface area contributed by atoms with Crippen molar-refractivity contribution in [2.75, 3.05) is 0 Å². The topological polar surface area (TPSA) is 12.0 Å². The summed E-state index contributed by atoms with van der Waals surface area (Å²) in [6.45, 7) is 18.8. The van der Waals surface area contributed by atoms with Gasteiger partial charge in [-0.05, 0) is 0 Å². The monoisotopic (exact) mass is 356 g/mol. The van der Waals surface area contributed by atoms with Crippen LogP contribution in [0.2, 0.25) is 10.3 Å². The van der Waals surface area contributed by atoms with Crippen LogP contribution in [0.5, 0.6) is 0 Å². The minimum absolute atomic E-state index is 0. The number of hydrogen-bond donors (Lipinski definition) is 1. The molecule has 0 fully saturated rings. The van der Waals surface area contributed by atoms with Crippen LogP contribution in [0.4, 0.5) is 0 Å². The van der Waals surface area contributed by atoms with E-state index in [1.807, 2.05) is 0 Å². The van der Waals surface area contributed by atoms with E-state index < -0.39 is 17.4 Å². The average Bonchev–Trinajstić information content (AvgIpc) is 2.39. The van der Waals surface area contributed by atoms with Crippen LogP contribution in [0.15, 0.2) is 22.8 Å². The first-order valence-corrected chi connectivity index (χ1v) is 13.6. The van der Waals surface area contributed by atoms with Crippen molar-refractivity contribution in [2.24, 2.45) is 0 Å². The van der Waals surface area contributed by atoms with Crippen LogP contribution in [0, 0.1) is 0 Å². The molecule has 0 saturated heterocycles. The summed E-state index contributed by atoms with van der Waals surface area (Å²) >= 11 is -1.19. The fourth-order valence-electron chi connectivity index (χ4n) is 2.69. The van der Waals surface area contributed by atoms with E-state index >= 15 is 0 Å². The van der Waals surface area contributed by atoms with Gasteiger partial charge in [0, 0.05) is 0 Å². The predicted molar refractivity (Wildman–Crippen MR) is 77.8 cm³/mol. The van der Waals surface area contributed by atoms with E-state index in [1.165, 1.54) is 11.1 Å². The molecule has 1 unspecified atom stereocenters. The fraction of sp³-hybridized carbons (Fsp3) is 0.714. The van der Waals surface area contributed by atoms with Gasteiger partial charge in [0.1, 0.15) is 0 Å². The number of halogens is 2. The van der Waals surface area contributed by atoms with Gasteiger partial charge in [-0.25, -0.2) is 0 Å². The third-order valence-electron chi connectivity index (χ3n) is 3.94. The zero-order chi connectivity index (χ0) is 13.4. The molecule has 1 aliphatic carbocycles. The molecule has 1 nitrogen and oxygen atoms in total. The van der Waals surface area contributed by atoms with Gasteiger partial charge >= 0.3 is 116 Å². The summed E-state index contributed by atoms with van der Waals surface area (Å²) in [7, 11) is 0.0617. The Balaban J connectivity index is 0. The molecule has 0 amide bonds. The van der Waals surface area contributed by atoms with Gasteiger partial charge < -0.3 is 24.8 Å². The van der Waals surface area contributed by atoms with Gasteiger partial charge in [-0.3, -0.25) is 0 Å². The van der Waals surface area contributed by atoms with Gasteiger partial charge in [-0.1, -0.05) is 0 Å². The van der Waals surface area contributed by atoms with Crippen LogP contribution in [-0.2, 0) is 17.4 Å². The molecule has 0 bridgehead atoms. The van der Waals surface area contributed by atoms with Crippen molar-refractivity contribution in [3.05, 3.63) is 22.8 Å². The molecule has 0 aromatic heterocycles. The van der Waals surface area contributed by atoms with E-state index in [-0.39, 0.29) is 37.7 Å². The Morgan fingerprint density at radius 1 is 1.16 bits per heavy atom.